The highest BCUT2D eigenvalue weighted by molar-refractivity contribution is 5.31. The van der Waals surface area contributed by atoms with Crippen molar-refractivity contribution in [2.45, 2.75) is 83.2 Å². The minimum absolute atomic E-state index is 0.116. The van der Waals surface area contributed by atoms with Crippen LogP contribution in [0.1, 0.15) is 88.2 Å². The van der Waals surface area contributed by atoms with E-state index in [-0.39, 0.29) is 11.5 Å². The van der Waals surface area contributed by atoms with Crippen LogP contribution in [0.4, 0.5) is 22.0 Å². The molecule has 0 nitrogen and oxygen atoms in total. The molecular formula is C22H29F5. The van der Waals surface area contributed by atoms with Gasteiger partial charge in [-0.25, -0.2) is 8.78 Å². The third-order valence-corrected chi connectivity index (χ3v) is 6.88. The second-order valence-corrected chi connectivity index (χ2v) is 8.51. The van der Waals surface area contributed by atoms with Gasteiger partial charge in [-0.15, -0.1) is 0 Å². The molecule has 0 aromatic heterocycles. The molecular weight excluding hydrogens is 359 g/mol. The number of hydrogen-bond donors (Lipinski definition) is 0. The van der Waals surface area contributed by atoms with Crippen molar-refractivity contribution < 1.29 is 22.0 Å². The highest BCUT2D eigenvalue weighted by Crippen LogP contribution is 2.45. The Morgan fingerprint density at radius 2 is 1.37 bits per heavy atom. The van der Waals surface area contributed by atoms with E-state index in [1.165, 1.54) is 38.5 Å². The van der Waals surface area contributed by atoms with E-state index in [0.29, 0.717) is 12.0 Å². The molecule has 2 fully saturated rings. The number of alkyl halides is 3. The highest BCUT2D eigenvalue weighted by atomic mass is 19.4. The Morgan fingerprint density at radius 3 is 1.89 bits per heavy atom. The van der Waals surface area contributed by atoms with Gasteiger partial charge < -0.3 is 0 Å². The first-order chi connectivity index (χ1) is 12.8. The van der Waals surface area contributed by atoms with Gasteiger partial charge in [-0.2, -0.15) is 13.2 Å². The number of rotatable bonds is 4. The van der Waals surface area contributed by atoms with E-state index in [4.69, 9.17) is 0 Å². The molecule has 152 valence electrons. The lowest BCUT2D eigenvalue weighted by Crippen LogP contribution is -2.25. The van der Waals surface area contributed by atoms with E-state index in [0.717, 1.165) is 43.6 Å². The lowest BCUT2D eigenvalue weighted by molar-refractivity contribution is -0.140. The van der Waals surface area contributed by atoms with Crippen molar-refractivity contribution in [1.82, 2.24) is 0 Å². The van der Waals surface area contributed by atoms with Crippen LogP contribution in [0, 0.1) is 29.4 Å². The van der Waals surface area contributed by atoms with Crippen molar-refractivity contribution in [2.75, 3.05) is 0 Å². The maximum atomic E-state index is 14.3. The number of benzene rings is 1. The summed E-state index contributed by atoms with van der Waals surface area (Å²) in [6.45, 7) is 2.23. The van der Waals surface area contributed by atoms with Gasteiger partial charge in [-0.05, 0) is 73.8 Å². The molecule has 1 aromatic carbocycles. The van der Waals surface area contributed by atoms with E-state index >= 15 is 0 Å². The molecule has 2 aliphatic rings. The SMILES string of the molecule is CCC[C@H]1CC[C@H](C2CCC(c3ccc(C(F)(F)F)c(F)c3F)CC2)CC1. The summed E-state index contributed by atoms with van der Waals surface area (Å²) < 4.78 is 66.3. The molecule has 0 aliphatic heterocycles. The molecule has 0 bridgehead atoms. The quantitative estimate of drug-likeness (QED) is 0.461. The molecule has 0 amide bonds. The second kappa shape index (κ2) is 8.48. The summed E-state index contributed by atoms with van der Waals surface area (Å²) in [4.78, 5) is 0. The van der Waals surface area contributed by atoms with Gasteiger partial charge in [0, 0.05) is 0 Å². The second-order valence-electron chi connectivity index (χ2n) is 8.51. The molecule has 0 radical (unpaired) electrons. The third kappa shape index (κ3) is 4.65. The Bertz CT molecular complexity index is 620. The summed E-state index contributed by atoms with van der Waals surface area (Å²) in [6, 6.07) is 1.83. The van der Waals surface area contributed by atoms with Crippen LogP contribution in [-0.2, 0) is 6.18 Å². The van der Waals surface area contributed by atoms with Crippen LogP contribution < -0.4 is 0 Å². The van der Waals surface area contributed by atoms with Crippen LogP contribution in [0.15, 0.2) is 12.1 Å². The average molecular weight is 388 g/mol. The summed E-state index contributed by atoms with van der Waals surface area (Å²) in [5, 5.41) is 0. The van der Waals surface area contributed by atoms with E-state index in [1.807, 2.05) is 0 Å². The molecule has 0 saturated heterocycles. The van der Waals surface area contributed by atoms with Crippen molar-refractivity contribution in [1.29, 1.82) is 0 Å². The van der Waals surface area contributed by atoms with Crippen LogP contribution in [0.3, 0.4) is 0 Å². The molecule has 0 atom stereocenters. The molecule has 0 spiro atoms. The summed E-state index contributed by atoms with van der Waals surface area (Å²) >= 11 is 0. The smallest absolute Gasteiger partial charge is 0.203 e. The first-order valence-electron chi connectivity index (χ1n) is 10.4. The monoisotopic (exact) mass is 388 g/mol. The first kappa shape index (κ1) is 20.6. The fraction of sp³-hybridized carbons (Fsp3) is 0.727. The molecule has 0 N–H and O–H groups in total. The summed E-state index contributed by atoms with van der Waals surface area (Å²) in [7, 11) is 0. The standard InChI is InChI=1S/C22H29F5/c1-2-3-14-4-6-15(7-5-14)16-8-10-17(11-9-16)18-12-13-19(22(25,26)27)21(24)20(18)23/h12-17H,2-11H2,1H3/t14-,15-,16?,17?. The van der Waals surface area contributed by atoms with Crippen molar-refractivity contribution >= 4 is 0 Å². The zero-order valence-corrected chi connectivity index (χ0v) is 15.9. The maximum Gasteiger partial charge on any atom is 0.419 e. The molecule has 3 rings (SSSR count). The average Bonchev–Trinajstić information content (AvgIpc) is 2.64. The molecule has 0 heterocycles. The van der Waals surface area contributed by atoms with Gasteiger partial charge in [0.15, 0.2) is 11.6 Å². The Labute approximate surface area is 158 Å². The van der Waals surface area contributed by atoms with Crippen LogP contribution >= 0.6 is 0 Å². The third-order valence-electron chi connectivity index (χ3n) is 6.88. The molecule has 0 unspecified atom stereocenters. The topological polar surface area (TPSA) is 0 Å². The van der Waals surface area contributed by atoms with Crippen molar-refractivity contribution in [3.8, 4) is 0 Å². The van der Waals surface area contributed by atoms with Gasteiger partial charge >= 0.3 is 6.18 Å². The van der Waals surface area contributed by atoms with Crippen LogP contribution in [0.25, 0.3) is 0 Å². The maximum absolute atomic E-state index is 14.3. The van der Waals surface area contributed by atoms with Gasteiger partial charge in [0.2, 0.25) is 0 Å². The minimum atomic E-state index is -4.86. The van der Waals surface area contributed by atoms with Crippen molar-refractivity contribution in [2.24, 2.45) is 17.8 Å². The predicted molar refractivity (Wildman–Crippen MR) is 96.4 cm³/mol. The largest absolute Gasteiger partial charge is 0.419 e. The number of hydrogen-bond acceptors (Lipinski definition) is 0. The number of halogens is 5. The zero-order valence-electron chi connectivity index (χ0n) is 15.9. The normalized spacial score (nSPS) is 29.7. The van der Waals surface area contributed by atoms with Crippen molar-refractivity contribution in [3.63, 3.8) is 0 Å². The van der Waals surface area contributed by atoms with Gasteiger partial charge in [-0.1, -0.05) is 38.7 Å². The lowest BCUT2D eigenvalue weighted by Gasteiger charge is -2.38. The van der Waals surface area contributed by atoms with Crippen LogP contribution in [0.5, 0.6) is 0 Å². The van der Waals surface area contributed by atoms with Crippen LogP contribution in [0.2, 0.25) is 0 Å². The summed E-state index contributed by atoms with van der Waals surface area (Å²) in [6.07, 6.45) is 6.25. The van der Waals surface area contributed by atoms with E-state index in [2.05, 4.69) is 6.92 Å². The van der Waals surface area contributed by atoms with Gasteiger partial charge in [0.1, 0.15) is 0 Å². The predicted octanol–water partition coefficient (Wildman–Crippen LogP) is 7.86. The molecule has 5 heteroatoms. The highest BCUT2D eigenvalue weighted by Gasteiger charge is 2.37. The summed E-state index contributed by atoms with van der Waals surface area (Å²) in [5.74, 6) is -1.01. The first-order valence-corrected chi connectivity index (χ1v) is 10.4. The molecule has 2 aliphatic carbocycles. The van der Waals surface area contributed by atoms with Gasteiger partial charge in [0.25, 0.3) is 0 Å². The molecule has 1 aromatic rings. The van der Waals surface area contributed by atoms with Crippen molar-refractivity contribution in [3.05, 3.63) is 34.9 Å². The lowest BCUT2D eigenvalue weighted by atomic mass is 9.68. The Hall–Kier alpha value is -1.13. The molecule has 27 heavy (non-hydrogen) atoms. The van der Waals surface area contributed by atoms with E-state index in [9.17, 15) is 22.0 Å². The van der Waals surface area contributed by atoms with Gasteiger partial charge in [0.05, 0.1) is 5.56 Å². The Balaban J connectivity index is 1.59. The zero-order chi connectivity index (χ0) is 19.6. The Kier molecular flexibility index (Phi) is 6.47. The Morgan fingerprint density at radius 1 is 0.815 bits per heavy atom. The van der Waals surface area contributed by atoms with E-state index < -0.39 is 23.4 Å². The van der Waals surface area contributed by atoms with Gasteiger partial charge in [-0.3, -0.25) is 0 Å². The minimum Gasteiger partial charge on any atom is -0.203 e. The van der Waals surface area contributed by atoms with Crippen LogP contribution in [-0.4, -0.2) is 0 Å². The summed E-state index contributed by atoms with van der Waals surface area (Å²) in [5.41, 5.74) is -1.40. The van der Waals surface area contributed by atoms with E-state index in [1.54, 1.807) is 0 Å². The fourth-order valence-corrected chi connectivity index (χ4v) is 5.36. The molecule has 2 saturated carbocycles. The fourth-order valence-electron chi connectivity index (χ4n) is 5.36.